The number of hydrogen-bond acceptors (Lipinski definition) is 3. The van der Waals surface area contributed by atoms with Crippen LogP contribution in [0.25, 0.3) is 21.9 Å². The molecule has 2 aliphatic rings. The zero-order valence-corrected chi connectivity index (χ0v) is 24.8. The maximum absolute atomic E-state index is 6.70. The molecule has 212 valence electrons. The number of aryl methyl sites for hydroxylation is 1. The minimum Gasteiger partial charge on any atom is -0.458 e. The second-order valence-electron chi connectivity index (χ2n) is 11.8. The molecule has 9 rings (SSSR count). The fourth-order valence-electron chi connectivity index (χ4n) is 6.89. The molecule has 0 radical (unpaired) electrons. The lowest BCUT2D eigenvalue weighted by atomic mass is 9.35. The predicted molar refractivity (Wildman–Crippen MR) is 186 cm³/mol. The molecule has 45 heavy (non-hydrogen) atoms. The van der Waals surface area contributed by atoms with Gasteiger partial charge in [0.15, 0.2) is 0 Å². The summed E-state index contributed by atoms with van der Waals surface area (Å²) >= 11 is 0. The molecule has 0 bridgehead atoms. The summed E-state index contributed by atoms with van der Waals surface area (Å²) in [4.78, 5) is 2.34. The number of rotatable bonds is 4. The average molecular weight is 577 g/mol. The van der Waals surface area contributed by atoms with Crippen molar-refractivity contribution < 1.29 is 9.47 Å². The van der Waals surface area contributed by atoms with Crippen LogP contribution in [-0.2, 0) is 0 Å². The average Bonchev–Trinajstić information content (AvgIpc) is 3.09. The molecule has 3 nitrogen and oxygen atoms in total. The molecule has 0 N–H and O–H groups in total. The minimum atomic E-state index is 0.0346. The van der Waals surface area contributed by atoms with Crippen molar-refractivity contribution in [1.29, 1.82) is 0 Å². The largest absolute Gasteiger partial charge is 0.458 e. The Balaban J connectivity index is 1.32. The lowest BCUT2D eigenvalue weighted by molar-refractivity contribution is 0.465. The van der Waals surface area contributed by atoms with Gasteiger partial charge in [0.05, 0.1) is 11.4 Å². The Labute approximate surface area is 263 Å². The van der Waals surface area contributed by atoms with Gasteiger partial charge < -0.3 is 14.4 Å². The van der Waals surface area contributed by atoms with E-state index in [4.69, 9.17) is 9.47 Å². The summed E-state index contributed by atoms with van der Waals surface area (Å²) in [6.07, 6.45) is 0. The first-order chi connectivity index (χ1) is 22.2. The predicted octanol–water partition coefficient (Wildman–Crippen LogP) is 9.01. The maximum Gasteiger partial charge on any atom is 0.260 e. The van der Waals surface area contributed by atoms with Gasteiger partial charge >= 0.3 is 0 Å². The number of fused-ring (bicyclic) bond motifs is 5. The van der Waals surface area contributed by atoms with Crippen LogP contribution in [0, 0.1) is 6.92 Å². The highest BCUT2D eigenvalue weighted by Gasteiger charge is 2.40. The van der Waals surface area contributed by atoms with Crippen LogP contribution < -0.4 is 30.8 Å². The van der Waals surface area contributed by atoms with E-state index in [0.717, 1.165) is 67.6 Å². The quantitative estimate of drug-likeness (QED) is 0.195. The summed E-state index contributed by atoms with van der Waals surface area (Å²) in [5.41, 5.74) is 10.0. The number of hydrogen-bond donors (Lipinski definition) is 0. The third-order valence-corrected chi connectivity index (χ3v) is 9.02. The van der Waals surface area contributed by atoms with Crippen molar-refractivity contribution in [3.05, 3.63) is 157 Å². The molecule has 0 atom stereocenters. The van der Waals surface area contributed by atoms with E-state index >= 15 is 0 Å². The molecule has 0 aliphatic carbocycles. The van der Waals surface area contributed by atoms with E-state index in [-0.39, 0.29) is 6.71 Å². The van der Waals surface area contributed by atoms with E-state index in [0.29, 0.717) is 0 Å². The Kier molecular flexibility index (Phi) is 5.82. The topological polar surface area (TPSA) is 21.7 Å². The molecule has 4 heteroatoms. The Morgan fingerprint density at radius 2 is 1.04 bits per heavy atom. The summed E-state index contributed by atoms with van der Waals surface area (Å²) in [5.74, 6) is 3.40. The number of benzene rings is 7. The second kappa shape index (κ2) is 10.2. The van der Waals surface area contributed by atoms with Gasteiger partial charge in [0.25, 0.3) is 6.71 Å². The summed E-state index contributed by atoms with van der Waals surface area (Å²) in [6.45, 7) is 2.16. The van der Waals surface area contributed by atoms with Gasteiger partial charge in [-0.3, -0.25) is 0 Å². The van der Waals surface area contributed by atoms with Gasteiger partial charge in [0.2, 0.25) is 0 Å². The van der Waals surface area contributed by atoms with Crippen molar-refractivity contribution in [3.8, 4) is 34.1 Å². The van der Waals surface area contributed by atoms with Crippen LogP contribution in [0.3, 0.4) is 0 Å². The van der Waals surface area contributed by atoms with Crippen molar-refractivity contribution in [1.82, 2.24) is 0 Å². The molecule has 0 unspecified atom stereocenters. The number of anilines is 3. The third-order valence-electron chi connectivity index (χ3n) is 9.02. The van der Waals surface area contributed by atoms with Crippen LogP contribution in [-0.4, -0.2) is 6.71 Å². The number of ether oxygens (including phenoxy) is 2. The van der Waals surface area contributed by atoms with Gasteiger partial charge in [0.1, 0.15) is 23.0 Å². The summed E-state index contributed by atoms with van der Waals surface area (Å²) in [6, 6.07) is 53.6. The zero-order valence-electron chi connectivity index (χ0n) is 24.8. The summed E-state index contributed by atoms with van der Waals surface area (Å²) < 4.78 is 13.4. The molecule has 0 saturated carbocycles. The van der Waals surface area contributed by atoms with Crippen molar-refractivity contribution in [2.24, 2.45) is 0 Å². The molecule has 0 aromatic heterocycles. The first kappa shape index (κ1) is 25.7. The fourth-order valence-corrected chi connectivity index (χ4v) is 6.89. The van der Waals surface area contributed by atoms with E-state index in [9.17, 15) is 0 Å². The highest BCUT2D eigenvalue weighted by Crippen LogP contribution is 2.46. The van der Waals surface area contributed by atoms with Crippen LogP contribution >= 0.6 is 0 Å². The van der Waals surface area contributed by atoms with Gasteiger partial charge in [-0.25, -0.2) is 0 Å². The lowest BCUT2D eigenvalue weighted by Gasteiger charge is -2.35. The van der Waals surface area contributed by atoms with Crippen molar-refractivity contribution in [2.75, 3.05) is 4.90 Å². The second-order valence-corrected chi connectivity index (χ2v) is 11.8. The number of nitrogens with zero attached hydrogens (tertiary/aromatic N) is 1. The van der Waals surface area contributed by atoms with Crippen LogP contribution in [0.4, 0.5) is 17.1 Å². The summed E-state index contributed by atoms with van der Waals surface area (Å²) in [5, 5.41) is 2.38. The Bertz CT molecular complexity index is 2170. The lowest BCUT2D eigenvalue weighted by Crippen LogP contribution is -2.57. The Hall–Kier alpha value is -5.74. The van der Waals surface area contributed by atoms with Gasteiger partial charge in [-0.1, -0.05) is 109 Å². The fraction of sp³-hybridized carbons (Fsp3) is 0.0244. The van der Waals surface area contributed by atoms with E-state index in [2.05, 4.69) is 151 Å². The molecule has 2 heterocycles. The van der Waals surface area contributed by atoms with Crippen molar-refractivity contribution in [2.45, 2.75) is 6.92 Å². The molecule has 0 saturated heterocycles. The van der Waals surface area contributed by atoms with Crippen LogP contribution in [0.2, 0.25) is 0 Å². The van der Waals surface area contributed by atoms with Gasteiger partial charge in [-0.15, -0.1) is 0 Å². The van der Waals surface area contributed by atoms with Crippen molar-refractivity contribution in [3.63, 3.8) is 0 Å². The molecule has 0 amide bonds. The maximum atomic E-state index is 6.70. The molecule has 0 fully saturated rings. The normalized spacial score (nSPS) is 12.4. The minimum absolute atomic E-state index is 0.0346. The van der Waals surface area contributed by atoms with E-state index < -0.39 is 0 Å². The third kappa shape index (κ3) is 4.22. The zero-order chi connectivity index (χ0) is 29.9. The van der Waals surface area contributed by atoms with E-state index in [1.54, 1.807) is 0 Å². The molecule has 7 aromatic rings. The first-order valence-corrected chi connectivity index (χ1v) is 15.4. The SMILES string of the molecule is Cc1ccc(N(c2cc3c4c(c2)Oc2ccccc2B4c2ccccc2O3)c2cc3ccccc3cc2-c2ccccc2)cc1. The van der Waals surface area contributed by atoms with Gasteiger partial charge in [0, 0.05) is 28.8 Å². The van der Waals surface area contributed by atoms with Gasteiger partial charge in [-0.2, -0.15) is 0 Å². The molecule has 7 aromatic carbocycles. The molecular formula is C41H28BNO2. The van der Waals surface area contributed by atoms with E-state index in [1.807, 2.05) is 12.1 Å². The molecule has 2 aliphatic heterocycles. The highest BCUT2D eigenvalue weighted by molar-refractivity contribution is 6.98. The van der Waals surface area contributed by atoms with Gasteiger partial charge in [-0.05, 0) is 70.6 Å². The molecule has 0 spiro atoms. The standard InChI is InChI=1S/C41H28BNO2/c1-27-19-21-31(22-20-27)43(36-24-30-14-6-5-13-29(30)23-33(36)28-11-3-2-4-12-28)32-25-39-41-40(26-32)45-38-18-10-8-16-35(38)42(41)34-15-7-9-17-37(34)44-39/h2-26H,1H3. The van der Waals surface area contributed by atoms with Crippen LogP contribution in [0.1, 0.15) is 5.56 Å². The first-order valence-electron chi connectivity index (χ1n) is 15.4. The summed E-state index contributed by atoms with van der Waals surface area (Å²) in [7, 11) is 0. The van der Waals surface area contributed by atoms with Crippen LogP contribution in [0.5, 0.6) is 23.0 Å². The van der Waals surface area contributed by atoms with Crippen molar-refractivity contribution >= 4 is 50.9 Å². The number of para-hydroxylation sites is 2. The highest BCUT2D eigenvalue weighted by atomic mass is 16.5. The smallest absolute Gasteiger partial charge is 0.260 e. The van der Waals surface area contributed by atoms with E-state index in [1.165, 1.54) is 16.3 Å². The monoisotopic (exact) mass is 577 g/mol. The molecular weight excluding hydrogens is 549 g/mol. The Morgan fingerprint density at radius 1 is 0.489 bits per heavy atom. The van der Waals surface area contributed by atoms with Crippen LogP contribution in [0.15, 0.2) is 152 Å². The Morgan fingerprint density at radius 3 is 1.69 bits per heavy atom.